The Bertz CT molecular complexity index is 1580. The van der Waals surface area contributed by atoms with Gasteiger partial charge in [-0.05, 0) is 71.5 Å². The van der Waals surface area contributed by atoms with E-state index in [1.165, 1.54) is 11.0 Å². The van der Waals surface area contributed by atoms with Gasteiger partial charge in [-0.1, -0.05) is 92.6 Å². The Morgan fingerprint density at radius 2 is 1.48 bits per heavy atom. The smallest absolute Gasteiger partial charge is 0.315 e. The van der Waals surface area contributed by atoms with E-state index in [-0.39, 0.29) is 59.4 Å². The van der Waals surface area contributed by atoms with Gasteiger partial charge in [-0.15, -0.1) is 6.58 Å². The monoisotopic (exact) mass is 778 g/mol. The van der Waals surface area contributed by atoms with Crippen molar-refractivity contribution in [3.63, 3.8) is 0 Å². The van der Waals surface area contributed by atoms with Gasteiger partial charge >= 0.3 is 6.03 Å². The van der Waals surface area contributed by atoms with Crippen molar-refractivity contribution >= 4 is 41.4 Å². The van der Waals surface area contributed by atoms with E-state index in [1.807, 2.05) is 27.7 Å². The van der Waals surface area contributed by atoms with E-state index in [2.05, 4.69) is 41.7 Å². The molecule has 2 heterocycles. The van der Waals surface area contributed by atoms with E-state index in [0.29, 0.717) is 38.6 Å². The summed E-state index contributed by atoms with van der Waals surface area (Å²) in [7, 11) is 0. The Labute approximate surface area is 332 Å². The second-order valence-corrected chi connectivity index (χ2v) is 20.1. The molecule has 6 rings (SSSR count). The second kappa shape index (κ2) is 15.9. The fourth-order valence-electron chi connectivity index (χ4n) is 10.5. The van der Waals surface area contributed by atoms with Crippen molar-refractivity contribution in [1.82, 2.24) is 31.1 Å². The number of fused-ring (bicyclic) bond motifs is 1. The molecule has 2 aliphatic heterocycles. The number of urea groups is 1. The second-order valence-electron chi connectivity index (χ2n) is 20.1. The molecule has 7 amide bonds. The molecule has 4 saturated carbocycles. The minimum Gasteiger partial charge on any atom is -0.346 e. The zero-order valence-corrected chi connectivity index (χ0v) is 34.6. The number of hydrogen-bond donors (Lipinski definition) is 4. The molecule has 13 heteroatoms. The molecule has 0 bridgehead atoms. The van der Waals surface area contributed by atoms with Crippen molar-refractivity contribution in [3.8, 4) is 0 Å². The van der Waals surface area contributed by atoms with Crippen molar-refractivity contribution in [2.45, 2.75) is 156 Å². The highest BCUT2D eigenvalue weighted by molar-refractivity contribution is 6.38. The molecule has 4 N–H and O–H groups in total. The lowest BCUT2D eigenvalue weighted by molar-refractivity contribution is -0.154. The molecule has 1 spiro atoms. The summed E-state index contributed by atoms with van der Waals surface area (Å²) in [5, 5.41) is 11.6. The van der Waals surface area contributed by atoms with Crippen LogP contribution in [0.4, 0.5) is 4.79 Å². The van der Waals surface area contributed by atoms with Crippen molar-refractivity contribution in [1.29, 1.82) is 0 Å². The van der Waals surface area contributed by atoms with Crippen LogP contribution >= 0.6 is 0 Å². The number of amides is 7. The van der Waals surface area contributed by atoms with E-state index in [0.717, 1.165) is 57.8 Å². The number of rotatable bonds is 14. The number of carbonyl (C=O) groups excluding carboxylic acids is 7. The molecule has 6 atom stereocenters. The Morgan fingerprint density at radius 3 is 2.05 bits per heavy atom. The van der Waals surface area contributed by atoms with Crippen molar-refractivity contribution in [2.24, 2.45) is 39.4 Å². The molecule has 0 radical (unpaired) electrons. The summed E-state index contributed by atoms with van der Waals surface area (Å²) in [4.78, 5) is 99.3. The Morgan fingerprint density at radius 1 is 0.875 bits per heavy atom. The number of nitrogens with one attached hydrogen (secondary N) is 4. The van der Waals surface area contributed by atoms with E-state index in [1.54, 1.807) is 4.90 Å². The summed E-state index contributed by atoms with van der Waals surface area (Å²) >= 11 is 0. The number of Topliss-reactive ketones (excluding diaryl/α,β-unsaturated/α-hetero) is 1. The maximum atomic E-state index is 15.0. The molecule has 56 heavy (non-hydrogen) atoms. The zero-order valence-electron chi connectivity index (χ0n) is 34.6. The third kappa shape index (κ3) is 8.71. The van der Waals surface area contributed by atoms with Gasteiger partial charge in [0.2, 0.25) is 29.4 Å². The number of carbonyl (C=O) groups is 7. The van der Waals surface area contributed by atoms with Gasteiger partial charge in [-0.25, -0.2) is 4.79 Å². The lowest BCUT2D eigenvalue weighted by Crippen LogP contribution is -2.64. The largest absolute Gasteiger partial charge is 0.346 e. The van der Waals surface area contributed by atoms with Crippen LogP contribution in [0.25, 0.3) is 0 Å². The van der Waals surface area contributed by atoms with Crippen LogP contribution in [0.1, 0.15) is 131 Å². The van der Waals surface area contributed by atoms with Crippen molar-refractivity contribution in [2.75, 3.05) is 19.6 Å². The Hall–Kier alpha value is -3.77. The van der Waals surface area contributed by atoms with Gasteiger partial charge in [-0.2, -0.15) is 0 Å². The number of likely N-dealkylation sites (tertiary alicyclic amines) is 2. The standard InChI is InChI=1S/C43H66N6O7/c1-8-20-44-37(54)34(52)28(21-26-14-15-26)45-36(53)33-32-27(41(32,5)6)24-49(33)38(55)35(42(7)16-10-9-11-17-42)47-39(56)46-29(40(2,3)4)25-48-30(50)22-43(23-31(48)51)18-12-13-19-43/h8,26-29,32-33,35H,1,9-25H2,2-7H3,(H,44,54)(H,45,53)(H2,46,47,56)/t27-,28?,29+,32-,33-,35+/m0/s1. The lowest BCUT2D eigenvalue weighted by Gasteiger charge is -2.44. The number of imide groups is 1. The zero-order chi connectivity index (χ0) is 40.8. The van der Waals surface area contributed by atoms with Crippen LogP contribution in [-0.4, -0.2) is 95.0 Å². The summed E-state index contributed by atoms with van der Waals surface area (Å²) in [5.74, 6) is -2.49. The fourth-order valence-corrected chi connectivity index (χ4v) is 10.5. The molecule has 2 saturated heterocycles. The third-order valence-corrected chi connectivity index (χ3v) is 14.5. The minimum absolute atomic E-state index is 0.0414. The van der Waals surface area contributed by atoms with Crippen molar-refractivity contribution in [3.05, 3.63) is 12.7 Å². The molecule has 6 aliphatic rings. The van der Waals surface area contributed by atoms with E-state index in [4.69, 9.17) is 0 Å². The first-order chi connectivity index (χ1) is 26.3. The molecule has 1 unspecified atom stereocenters. The summed E-state index contributed by atoms with van der Waals surface area (Å²) in [6.07, 6.45) is 12.5. The maximum absolute atomic E-state index is 15.0. The number of hydrogen-bond acceptors (Lipinski definition) is 7. The number of ketones is 1. The molecule has 13 nitrogen and oxygen atoms in total. The first-order valence-electron chi connectivity index (χ1n) is 21.2. The van der Waals surface area contributed by atoms with Gasteiger partial charge in [-0.3, -0.25) is 33.7 Å². The topological polar surface area (TPSA) is 174 Å². The van der Waals surface area contributed by atoms with Crippen LogP contribution in [-0.2, 0) is 28.8 Å². The summed E-state index contributed by atoms with van der Waals surface area (Å²) in [6, 6.07) is -3.98. The predicted octanol–water partition coefficient (Wildman–Crippen LogP) is 4.39. The molecular weight excluding hydrogens is 713 g/mol. The van der Waals surface area contributed by atoms with Crippen LogP contribution in [0.15, 0.2) is 12.7 Å². The van der Waals surface area contributed by atoms with Crippen LogP contribution in [0, 0.1) is 39.4 Å². The first kappa shape index (κ1) is 41.9. The molecule has 0 aromatic rings. The summed E-state index contributed by atoms with van der Waals surface area (Å²) in [5.41, 5.74) is -1.55. The van der Waals surface area contributed by atoms with E-state index in [9.17, 15) is 33.6 Å². The predicted molar refractivity (Wildman–Crippen MR) is 210 cm³/mol. The first-order valence-corrected chi connectivity index (χ1v) is 21.2. The van der Waals surface area contributed by atoms with Gasteiger partial charge in [0.1, 0.15) is 12.1 Å². The summed E-state index contributed by atoms with van der Waals surface area (Å²) in [6.45, 7) is 16.2. The van der Waals surface area contributed by atoms with Gasteiger partial charge in [0.15, 0.2) is 0 Å². The SMILES string of the molecule is C=CCNC(=O)C(=O)C(CC1CC1)NC(=O)[C@@H]1[C@@H]2[C@H](CN1C(=O)[C@@H](NC(=O)N[C@H](CN1C(=O)CC3(CCCC3)CC1=O)C(C)(C)C)C1(C)CCCCC1)C2(C)C. The quantitative estimate of drug-likeness (QED) is 0.115. The molecule has 4 aliphatic carbocycles. The van der Waals surface area contributed by atoms with Gasteiger partial charge in [0.05, 0.1) is 12.1 Å². The normalized spacial score (nSPS) is 27.8. The molecule has 6 fully saturated rings. The van der Waals surface area contributed by atoms with Crippen LogP contribution in [0.5, 0.6) is 0 Å². The average Bonchev–Trinajstić information content (AvgIpc) is 3.89. The van der Waals surface area contributed by atoms with Crippen LogP contribution in [0.3, 0.4) is 0 Å². The summed E-state index contributed by atoms with van der Waals surface area (Å²) < 4.78 is 0. The van der Waals surface area contributed by atoms with Gasteiger partial charge in [0, 0.05) is 32.5 Å². The highest BCUT2D eigenvalue weighted by atomic mass is 16.2. The number of piperidine rings is 2. The fraction of sp³-hybridized carbons (Fsp3) is 0.791. The lowest BCUT2D eigenvalue weighted by atomic mass is 9.70. The van der Waals surface area contributed by atoms with E-state index >= 15 is 0 Å². The molecule has 0 aromatic carbocycles. The maximum Gasteiger partial charge on any atom is 0.315 e. The molecule has 0 aromatic heterocycles. The number of nitrogens with zero attached hydrogens (tertiary/aromatic N) is 2. The van der Waals surface area contributed by atoms with E-state index < -0.39 is 58.6 Å². The highest BCUT2D eigenvalue weighted by Crippen LogP contribution is 2.65. The Kier molecular flexibility index (Phi) is 11.9. The molecular formula is C43H66N6O7. The van der Waals surface area contributed by atoms with Crippen molar-refractivity contribution < 1.29 is 33.6 Å². The highest BCUT2D eigenvalue weighted by Gasteiger charge is 2.70. The van der Waals surface area contributed by atoms with Crippen LogP contribution in [0.2, 0.25) is 0 Å². The Balaban J connectivity index is 1.20. The van der Waals surface area contributed by atoms with Crippen LogP contribution < -0.4 is 21.3 Å². The molecule has 310 valence electrons. The average molecular weight is 779 g/mol. The van der Waals surface area contributed by atoms with Gasteiger partial charge < -0.3 is 26.2 Å². The minimum atomic E-state index is -1.01. The van der Waals surface area contributed by atoms with Gasteiger partial charge in [0.25, 0.3) is 5.91 Å². The third-order valence-electron chi connectivity index (χ3n) is 14.5.